The second-order valence-corrected chi connectivity index (χ2v) is 8.05. The van der Waals surface area contributed by atoms with Gasteiger partial charge in [-0.25, -0.2) is 9.66 Å². The molecule has 0 radical (unpaired) electrons. The van der Waals surface area contributed by atoms with Gasteiger partial charge in [-0.15, -0.1) is 11.8 Å². The first-order valence-corrected chi connectivity index (χ1v) is 9.84. The van der Waals surface area contributed by atoms with Gasteiger partial charge in [0.2, 0.25) is 0 Å². The first kappa shape index (κ1) is 20.0. The zero-order chi connectivity index (χ0) is 19.8. The fourth-order valence-corrected chi connectivity index (χ4v) is 3.91. The van der Waals surface area contributed by atoms with E-state index in [0.717, 1.165) is 27.5 Å². The van der Waals surface area contributed by atoms with Crippen molar-refractivity contribution in [3.05, 3.63) is 62.1 Å². The van der Waals surface area contributed by atoms with Gasteiger partial charge in [0.1, 0.15) is 6.33 Å². The Kier molecular flexibility index (Phi) is 5.73. The van der Waals surface area contributed by atoms with Gasteiger partial charge in [-0.05, 0) is 52.0 Å². The molecule has 0 aliphatic heterocycles. The van der Waals surface area contributed by atoms with Crippen molar-refractivity contribution in [1.82, 2.24) is 9.66 Å². The van der Waals surface area contributed by atoms with E-state index in [-0.39, 0.29) is 15.4 Å². The Morgan fingerprint density at radius 2 is 2.04 bits per heavy atom. The Morgan fingerprint density at radius 1 is 1.30 bits per heavy atom. The lowest BCUT2D eigenvalue weighted by molar-refractivity contribution is -0.137. The van der Waals surface area contributed by atoms with E-state index in [1.54, 1.807) is 18.2 Å². The number of hydrogen-bond donors (Lipinski definition) is 1. The van der Waals surface area contributed by atoms with Crippen LogP contribution in [0.15, 0.2) is 50.8 Å². The van der Waals surface area contributed by atoms with Gasteiger partial charge in [0, 0.05) is 14.4 Å². The molecule has 2 aromatic carbocycles. The molecular formula is C17H12BrClF3N3OS. The summed E-state index contributed by atoms with van der Waals surface area (Å²) in [6, 6.07) is 6.86. The van der Waals surface area contributed by atoms with Crippen molar-refractivity contribution in [3.63, 3.8) is 0 Å². The topological polar surface area (TPSA) is 46.9 Å². The zero-order valence-corrected chi connectivity index (χ0v) is 16.9. The molecule has 0 bridgehead atoms. The number of fused-ring (bicyclic) bond motifs is 1. The molecule has 0 atom stereocenters. The van der Waals surface area contributed by atoms with Crippen LogP contribution in [0.4, 0.5) is 18.9 Å². The molecule has 27 heavy (non-hydrogen) atoms. The highest BCUT2D eigenvalue weighted by molar-refractivity contribution is 9.10. The Bertz CT molecular complexity index is 1070. The maximum absolute atomic E-state index is 13.1. The highest BCUT2D eigenvalue weighted by Gasteiger charge is 2.31. The first-order chi connectivity index (χ1) is 12.7. The van der Waals surface area contributed by atoms with Crippen LogP contribution in [0, 0.1) is 0 Å². The Labute approximate surface area is 169 Å². The molecule has 1 aromatic heterocycles. The van der Waals surface area contributed by atoms with Crippen LogP contribution in [0.3, 0.4) is 0 Å². The van der Waals surface area contributed by atoms with Crippen LogP contribution < -0.4 is 11.0 Å². The summed E-state index contributed by atoms with van der Waals surface area (Å²) in [5.41, 5.74) is 2.01. The van der Waals surface area contributed by atoms with E-state index in [0.29, 0.717) is 10.7 Å². The molecule has 1 heterocycles. The Morgan fingerprint density at radius 3 is 2.70 bits per heavy atom. The van der Waals surface area contributed by atoms with Gasteiger partial charge in [0.25, 0.3) is 5.56 Å². The van der Waals surface area contributed by atoms with E-state index in [9.17, 15) is 18.0 Å². The van der Waals surface area contributed by atoms with Crippen LogP contribution in [0.25, 0.3) is 10.9 Å². The van der Waals surface area contributed by atoms with E-state index in [1.807, 2.05) is 6.92 Å². The number of aromatic nitrogens is 2. The standard InChI is InChI=1S/C17H12BrClF3N3OS/c1-2-27-14-4-3-10(19)7-13(14)24-25-8-23-15-11(16(25)26)5-9(6-12(15)18)17(20,21)22/h3-8,24H,2H2,1H3. The Balaban J connectivity index is 2.13. The van der Waals surface area contributed by atoms with Gasteiger partial charge >= 0.3 is 6.18 Å². The lowest BCUT2D eigenvalue weighted by Crippen LogP contribution is -2.27. The van der Waals surface area contributed by atoms with Crippen molar-refractivity contribution in [2.75, 3.05) is 11.2 Å². The van der Waals surface area contributed by atoms with Crippen molar-refractivity contribution in [2.24, 2.45) is 0 Å². The molecule has 0 aliphatic carbocycles. The molecule has 142 valence electrons. The lowest BCUT2D eigenvalue weighted by Gasteiger charge is -2.15. The molecule has 10 heteroatoms. The average Bonchev–Trinajstić information content (AvgIpc) is 2.59. The molecule has 3 rings (SSSR count). The van der Waals surface area contributed by atoms with Crippen molar-refractivity contribution in [1.29, 1.82) is 0 Å². The summed E-state index contributed by atoms with van der Waals surface area (Å²) >= 11 is 10.6. The predicted molar refractivity (Wildman–Crippen MR) is 106 cm³/mol. The smallest absolute Gasteiger partial charge is 0.289 e. The third-order valence-electron chi connectivity index (χ3n) is 3.62. The first-order valence-electron chi connectivity index (χ1n) is 7.68. The molecule has 4 nitrogen and oxygen atoms in total. The van der Waals surface area contributed by atoms with Crippen LogP contribution in [-0.2, 0) is 6.18 Å². The summed E-state index contributed by atoms with van der Waals surface area (Å²) in [5.74, 6) is 0.795. The second-order valence-electron chi connectivity index (χ2n) is 5.46. The third kappa shape index (κ3) is 4.25. The number of rotatable bonds is 4. The monoisotopic (exact) mass is 477 g/mol. The molecule has 0 aliphatic rings. The van der Waals surface area contributed by atoms with Crippen molar-refractivity contribution in [3.8, 4) is 0 Å². The van der Waals surface area contributed by atoms with Crippen molar-refractivity contribution >= 4 is 55.9 Å². The van der Waals surface area contributed by atoms with E-state index in [2.05, 4.69) is 26.3 Å². The third-order valence-corrected chi connectivity index (χ3v) is 5.42. The number of nitrogens with one attached hydrogen (secondary N) is 1. The largest absolute Gasteiger partial charge is 0.416 e. The van der Waals surface area contributed by atoms with E-state index in [4.69, 9.17) is 11.6 Å². The number of alkyl halides is 3. The fraction of sp³-hybridized carbons (Fsp3) is 0.176. The van der Waals surface area contributed by atoms with E-state index < -0.39 is 17.3 Å². The molecule has 1 N–H and O–H groups in total. The van der Waals surface area contributed by atoms with Crippen LogP contribution in [0.1, 0.15) is 12.5 Å². The summed E-state index contributed by atoms with van der Waals surface area (Å²) in [5, 5.41) is 0.306. The van der Waals surface area contributed by atoms with Gasteiger partial charge < -0.3 is 0 Å². The quantitative estimate of drug-likeness (QED) is 0.480. The number of anilines is 1. The fourth-order valence-electron chi connectivity index (χ4n) is 2.43. The Hall–Kier alpha value is -1.71. The number of nitrogens with zero attached hydrogens (tertiary/aromatic N) is 2. The van der Waals surface area contributed by atoms with Gasteiger partial charge in [0.15, 0.2) is 0 Å². The van der Waals surface area contributed by atoms with Gasteiger partial charge in [-0.2, -0.15) is 13.2 Å². The molecule has 0 saturated carbocycles. The summed E-state index contributed by atoms with van der Waals surface area (Å²) in [6.45, 7) is 1.98. The molecule has 0 saturated heterocycles. The van der Waals surface area contributed by atoms with Crippen LogP contribution >= 0.6 is 39.3 Å². The second kappa shape index (κ2) is 7.73. The van der Waals surface area contributed by atoms with Crippen molar-refractivity contribution < 1.29 is 13.2 Å². The van der Waals surface area contributed by atoms with Crippen LogP contribution in [0.5, 0.6) is 0 Å². The number of halogens is 5. The maximum atomic E-state index is 13.1. The minimum absolute atomic E-state index is 0.0987. The molecule has 0 unspecified atom stereocenters. The SMILES string of the molecule is CCSc1ccc(Cl)cc1Nn1cnc2c(Br)cc(C(F)(F)F)cc2c1=O. The summed E-state index contributed by atoms with van der Waals surface area (Å²) < 4.78 is 40.4. The van der Waals surface area contributed by atoms with Gasteiger partial charge in [-0.3, -0.25) is 10.2 Å². The number of hydrogen-bond acceptors (Lipinski definition) is 4. The summed E-state index contributed by atoms with van der Waals surface area (Å²) in [6.07, 6.45) is -3.35. The molecular weight excluding hydrogens is 467 g/mol. The molecule has 0 amide bonds. The zero-order valence-electron chi connectivity index (χ0n) is 13.8. The maximum Gasteiger partial charge on any atom is 0.416 e. The molecule has 3 aromatic rings. The van der Waals surface area contributed by atoms with E-state index in [1.165, 1.54) is 18.1 Å². The van der Waals surface area contributed by atoms with E-state index >= 15 is 0 Å². The highest BCUT2D eigenvalue weighted by atomic mass is 79.9. The molecule has 0 spiro atoms. The van der Waals surface area contributed by atoms with Crippen molar-refractivity contribution in [2.45, 2.75) is 18.0 Å². The van der Waals surface area contributed by atoms with Gasteiger partial charge in [-0.1, -0.05) is 18.5 Å². The van der Waals surface area contributed by atoms with Crippen LogP contribution in [0.2, 0.25) is 5.02 Å². The highest BCUT2D eigenvalue weighted by Crippen LogP contribution is 2.34. The minimum Gasteiger partial charge on any atom is -0.289 e. The van der Waals surface area contributed by atoms with Crippen LogP contribution in [-0.4, -0.2) is 15.4 Å². The summed E-state index contributed by atoms with van der Waals surface area (Å²) in [4.78, 5) is 17.7. The normalized spacial score (nSPS) is 11.8. The number of benzene rings is 2. The average molecular weight is 479 g/mol. The summed E-state index contributed by atoms with van der Waals surface area (Å²) in [7, 11) is 0. The van der Waals surface area contributed by atoms with Gasteiger partial charge in [0.05, 0.1) is 22.2 Å². The predicted octanol–water partition coefficient (Wildman–Crippen LogP) is 5.82. The molecule has 0 fully saturated rings. The number of thioether (sulfide) groups is 1. The minimum atomic E-state index is -4.57. The lowest BCUT2D eigenvalue weighted by atomic mass is 10.1.